The van der Waals surface area contributed by atoms with Crippen LogP contribution in [0, 0.1) is 0 Å². The van der Waals surface area contributed by atoms with Gasteiger partial charge in [0.05, 0.1) is 53.9 Å². The van der Waals surface area contributed by atoms with E-state index in [0.29, 0.717) is 21.9 Å². The molecule has 0 fully saturated rings. The molecule has 0 aliphatic heterocycles. The summed E-state index contributed by atoms with van der Waals surface area (Å²) < 4.78 is 49.1. The van der Waals surface area contributed by atoms with Gasteiger partial charge in [-0.25, -0.2) is 8.42 Å². The van der Waals surface area contributed by atoms with Crippen LogP contribution in [-0.2, 0) is 9.84 Å². The molecule has 22 rings (SSSR count). The minimum Gasteiger partial charge on any atom is -0.309 e. The van der Waals surface area contributed by atoms with Gasteiger partial charge in [0.2, 0.25) is 9.84 Å². The van der Waals surface area contributed by atoms with Crippen molar-refractivity contribution in [1.82, 2.24) is 18.3 Å². The number of para-hydroxylation sites is 8. The lowest BCUT2D eigenvalue weighted by Crippen LogP contribution is -2.08. The van der Waals surface area contributed by atoms with Gasteiger partial charge in [0.1, 0.15) is 0 Å². The van der Waals surface area contributed by atoms with Gasteiger partial charge in [0.25, 0.3) is 0 Å². The Labute approximate surface area is 611 Å². The maximum absolute atomic E-state index is 18.0. The summed E-state index contributed by atoms with van der Waals surface area (Å²) in [5, 5.41) is 12.7. The summed E-state index contributed by atoms with van der Waals surface area (Å²) in [6, 6.07) is 125. The molecule has 0 aliphatic rings. The molecule has 6 aromatic heterocycles. The number of thiophene rings is 2. The first-order chi connectivity index (χ1) is 51.8. The fraction of sp³-hybridized carbons (Fsp3) is 0. The summed E-state index contributed by atoms with van der Waals surface area (Å²) in [7, 11) is -4.59. The Morgan fingerprint density at radius 3 is 0.676 bits per heavy atom. The average molecular weight is 1400 g/mol. The third kappa shape index (κ3) is 9.03. The van der Waals surface area contributed by atoms with Gasteiger partial charge in [0.15, 0.2) is 0 Å². The molecule has 492 valence electrons. The molecular formula is C96H58N4O2S3. The molecule has 9 heteroatoms. The van der Waals surface area contributed by atoms with Crippen LogP contribution in [-0.4, -0.2) is 26.7 Å². The molecule has 6 heterocycles. The van der Waals surface area contributed by atoms with Gasteiger partial charge >= 0.3 is 0 Å². The molecule has 0 aliphatic carbocycles. The lowest BCUT2D eigenvalue weighted by atomic mass is 9.99. The normalized spacial score (nSPS) is 12.3. The highest BCUT2D eigenvalue weighted by atomic mass is 32.2. The molecule has 0 unspecified atom stereocenters. The zero-order chi connectivity index (χ0) is 69.2. The number of fused-ring (bicyclic) bond motifs is 18. The maximum Gasteiger partial charge on any atom is 0.209 e. The van der Waals surface area contributed by atoms with Crippen LogP contribution in [0.3, 0.4) is 0 Å². The highest BCUT2D eigenvalue weighted by molar-refractivity contribution is 7.92. The molecule has 0 saturated heterocycles. The number of hydrogen-bond donors (Lipinski definition) is 0. The summed E-state index contributed by atoms with van der Waals surface area (Å²) in [6.45, 7) is 0. The monoisotopic (exact) mass is 1390 g/mol. The Morgan fingerprint density at radius 1 is 0.200 bits per heavy atom. The summed E-state index contributed by atoms with van der Waals surface area (Å²) in [6.07, 6.45) is 0. The molecule has 0 spiro atoms. The van der Waals surface area contributed by atoms with E-state index in [2.05, 4.69) is 370 Å². The molecule has 0 atom stereocenters. The Kier molecular flexibility index (Phi) is 13.1. The van der Waals surface area contributed by atoms with Crippen molar-refractivity contribution in [2.45, 2.75) is 9.79 Å². The smallest absolute Gasteiger partial charge is 0.209 e. The van der Waals surface area contributed by atoms with E-state index in [4.69, 9.17) is 0 Å². The van der Waals surface area contributed by atoms with Crippen LogP contribution in [0.4, 0.5) is 0 Å². The lowest BCUT2D eigenvalue weighted by Gasteiger charge is -2.18. The van der Waals surface area contributed by atoms with Crippen molar-refractivity contribution >= 4 is 160 Å². The van der Waals surface area contributed by atoms with Gasteiger partial charge in [-0.05, 0) is 167 Å². The predicted molar refractivity (Wildman–Crippen MR) is 443 cm³/mol. The van der Waals surface area contributed by atoms with Crippen LogP contribution in [0.25, 0.3) is 195 Å². The Hall–Kier alpha value is -12.9. The van der Waals surface area contributed by atoms with Gasteiger partial charge in [-0.1, -0.05) is 218 Å². The average Bonchev–Trinajstić information content (AvgIpc) is 1.60. The van der Waals surface area contributed by atoms with Crippen LogP contribution in [0.1, 0.15) is 0 Å². The Balaban J connectivity index is 0.766. The second kappa shape index (κ2) is 23.1. The molecule has 0 bridgehead atoms. The van der Waals surface area contributed by atoms with Gasteiger partial charge in [0, 0.05) is 117 Å². The van der Waals surface area contributed by atoms with Crippen LogP contribution in [0.15, 0.2) is 362 Å². The lowest BCUT2D eigenvalue weighted by molar-refractivity contribution is 0.598. The second-order valence-corrected chi connectivity index (χ2v) is 31.4. The van der Waals surface area contributed by atoms with Crippen molar-refractivity contribution in [2.24, 2.45) is 0 Å². The number of nitrogens with zero attached hydrogens (tertiary/aromatic N) is 4. The van der Waals surface area contributed by atoms with Gasteiger partial charge in [-0.2, -0.15) is 0 Å². The quantitative estimate of drug-likeness (QED) is 0.137. The summed E-state index contributed by atoms with van der Waals surface area (Å²) in [4.78, 5) is 0.558. The molecule has 0 amide bonds. The number of benzene rings is 16. The van der Waals surface area contributed by atoms with Crippen LogP contribution >= 0.6 is 22.7 Å². The van der Waals surface area contributed by atoms with E-state index in [-0.39, 0.29) is 9.79 Å². The first-order valence-corrected chi connectivity index (χ1v) is 38.6. The third-order valence-electron chi connectivity index (χ3n) is 21.8. The van der Waals surface area contributed by atoms with Crippen molar-refractivity contribution in [3.05, 3.63) is 352 Å². The number of hydrogen-bond acceptors (Lipinski definition) is 4. The van der Waals surface area contributed by atoms with E-state index in [9.17, 15) is 0 Å². The highest BCUT2D eigenvalue weighted by Gasteiger charge is 2.34. The molecular weight excluding hydrogens is 1340 g/mol. The first kappa shape index (κ1) is 59.8. The van der Waals surface area contributed by atoms with Gasteiger partial charge in [-0.15, -0.1) is 22.7 Å². The van der Waals surface area contributed by atoms with Gasteiger partial charge in [-0.3, -0.25) is 0 Å². The minimum absolute atomic E-state index is 0.279. The van der Waals surface area contributed by atoms with Crippen molar-refractivity contribution in [3.63, 3.8) is 0 Å². The number of rotatable bonds is 10. The predicted octanol–water partition coefficient (Wildman–Crippen LogP) is 26.3. The molecule has 6 nitrogen and oxygen atoms in total. The molecule has 105 heavy (non-hydrogen) atoms. The third-order valence-corrected chi connectivity index (χ3v) is 26.0. The first-order valence-electron chi connectivity index (χ1n) is 35.4. The summed E-state index contributed by atoms with van der Waals surface area (Å²) in [5.74, 6) is 0. The largest absolute Gasteiger partial charge is 0.309 e. The molecule has 0 saturated carbocycles. The fourth-order valence-corrected chi connectivity index (χ4v) is 21.6. The molecule has 0 N–H and O–H groups in total. The standard InChI is InChI=1S/C96H58N4O2S3/c101-105(102,95-69(61-37-47-67(48-38-61)99-85-29-13-5-21-75(85)76-22-6-14-30-86(76)99)51-55-91-93(95)79-57-63(41-53-89(79)103-91)59-33-43-65(44-34-59)97-81-25-9-1-17-71(81)72-18-2-10-26-82(72)97)96-70(62-39-49-68(50-40-62)100-87-31-15-7-23-77(87)78-24-8-16-32-88(78)100)52-56-92-94(96)80-58-64(42-54-90(80)104-92)60-35-45-66(46-36-60)98-83-27-11-3-19-73(83)74-20-4-12-28-84(74)98/h1-58H. The van der Waals surface area contributed by atoms with E-state index < -0.39 is 9.84 Å². The SMILES string of the molecule is O=S(=O)(c1c(-c2ccc(-n3c4ccccc4c4ccccc43)cc2)ccc2sc3ccc(-c4ccc(-n5c6ccccc6c6ccccc65)cc4)cc3c12)c1c(-c2ccc(-n3c4ccccc4c4ccccc43)cc2)ccc2sc3ccc(-c4ccc(-n5c6ccccc6c6ccccc65)cc4)cc3c12. The summed E-state index contributed by atoms with van der Waals surface area (Å²) >= 11 is 3.28. The van der Waals surface area contributed by atoms with Crippen LogP contribution in [0.2, 0.25) is 0 Å². The van der Waals surface area contributed by atoms with E-state index in [1.807, 2.05) is 0 Å². The van der Waals surface area contributed by atoms with E-state index in [1.165, 1.54) is 43.1 Å². The van der Waals surface area contributed by atoms with E-state index in [0.717, 1.165) is 130 Å². The highest BCUT2D eigenvalue weighted by Crippen LogP contribution is 2.51. The minimum atomic E-state index is -4.59. The van der Waals surface area contributed by atoms with Gasteiger partial charge < -0.3 is 18.3 Å². The molecule has 0 radical (unpaired) electrons. The Bertz CT molecular complexity index is 6860. The summed E-state index contributed by atoms with van der Waals surface area (Å²) in [5.41, 5.74) is 20.0. The van der Waals surface area contributed by atoms with Crippen molar-refractivity contribution < 1.29 is 8.42 Å². The van der Waals surface area contributed by atoms with E-state index >= 15 is 8.42 Å². The van der Waals surface area contributed by atoms with E-state index in [1.54, 1.807) is 22.7 Å². The number of sulfone groups is 1. The zero-order valence-electron chi connectivity index (χ0n) is 56.3. The molecule has 22 aromatic rings. The van der Waals surface area contributed by atoms with Crippen molar-refractivity contribution in [2.75, 3.05) is 0 Å². The van der Waals surface area contributed by atoms with Crippen LogP contribution < -0.4 is 0 Å². The fourth-order valence-electron chi connectivity index (χ4n) is 17.1. The maximum atomic E-state index is 18.0. The van der Waals surface area contributed by atoms with Crippen LogP contribution in [0.5, 0.6) is 0 Å². The Morgan fingerprint density at radius 2 is 0.419 bits per heavy atom. The van der Waals surface area contributed by atoms with Crippen molar-refractivity contribution in [1.29, 1.82) is 0 Å². The molecule has 16 aromatic carbocycles. The zero-order valence-corrected chi connectivity index (χ0v) is 58.8. The topological polar surface area (TPSA) is 53.9 Å². The van der Waals surface area contributed by atoms with Crippen molar-refractivity contribution in [3.8, 4) is 67.3 Å². The second-order valence-electron chi connectivity index (χ2n) is 27.4. The number of aromatic nitrogens is 4.